The molecule has 0 nitrogen and oxygen atoms in total. The second-order valence-electron chi connectivity index (χ2n) is 3.40. The van der Waals surface area contributed by atoms with Crippen molar-refractivity contribution in [3.63, 3.8) is 0 Å². The van der Waals surface area contributed by atoms with E-state index < -0.39 is 0 Å². The Kier molecular flexibility index (Phi) is 7.11. The van der Waals surface area contributed by atoms with Crippen molar-refractivity contribution < 1.29 is 0 Å². The van der Waals surface area contributed by atoms with Crippen molar-refractivity contribution in [1.82, 2.24) is 0 Å². The van der Waals surface area contributed by atoms with Gasteiger partial charge in [0.1, 0.15) is 0 Å². The Balaban J connectivity index is 2.59. The molecule has 0 saturated heterocycles. The number of allylic oxidation sites excluding steroid dienone is 3. The van der Waals surface area contributed by atoms with Gasteiger partial charge in [-0.2, -0.15) is 0 Å². The molecule has 0 bridgehead atoms. The van der Waals surface area contributed by atoms with E-state index in [0.29, 0.717) is 0 Å². The van der Waals surface area contributed by atoms with Gasteiger partial charge in [-0.3, -0.25) is 0 Å². The number of halogens is 1. The van der Waals surface area contributed by atoms with Gasteiger partial charge in [0, 0.05) is 10.8 Å². The summed E-state index contributed by atoms with van der Waals surface area (Å²) in [6.07, 6.45) is 7.17. The van der Waals surface area contributed by atoms with Crippen molar-refractivity contribution in [3.8, 4) is 0 Å². The minimum atomic E-state index is 0.723. The van der Waals surface area contributed by atoms with Crippen LogP contribution in [-0.2, 0) is 0 Å². The highest BCUT2D eigenvalue weighted by Crippen LogP contribution is 2.29. The summed E-state index contributed by atoms with van der Waals surface area (Å²) in [6, 6.07) is 10.4. The lowest BCUT2D eigenvalue weighted by atomic mass is 10.3. The van der Waals surface area contributed by atoms with Crippen LogP contribution in [0.3, 0.4) is 0 Å². The molecule has 86 valence electrons. The van der Waals surface area contributed by atoms with Gasteiger partial charge in [0.25, 0.3) is 0 Å². The van der Waals surface area contributed by atoms with Gasteiger partial charge in [0.2, 0.25) is 0 Å². The highest BCUT2D eigenvalue weighted by Gasteiger charge is 1.99. The zero-order valence-corrected chi connectivity index (χ0v) is 10.9. The minimum Gasteiger partial charge on any atom is -0.127 e. The third kappa shape index (κ3) is 5.43. The molecule has 0 saturated carbocycles. The van der Waals surface area contributed by atoms with Crippen molar-refractivity contribution in [2.75, 3.05) is 5.88 Å². The van der Waals surface area contributed by atoms with Gasteiger partial charge in [0.15, 0.2) is 0 Å². The van der Waals surface area contributed by atoms with E-state index in [1.807, 2.05) is 23.9 Å². The molecule has 1 rings (SSSR count). The van der Waals surface area contributed by atoms with Crippen molar-refractivity contribution in [1.29, 1.82) is 0 Å². The molecule has 0 aliphatic rings. The fraction of sp³-hybridized carbons (Fsp3) is 0.286. The molecule has 0 aromatic heterocycles. The van der Waals surface area contributed by atoms with E-state index in [4.69, 9.17) is 11.6 Å². The maximum atomic E-state index is 5.73. The summed E-state index contributed by atoms with van der Waals surface area (Å²) >= 11 is 7.55. The molecule has 0 N–H and O–H groups in total. The first-order valence-electron chi connectivity index (χ1n) is 5.45. The van der Waals surface area contributed by atoms with Gasteiger partial charge >= 0.3 is 0 Å². The number of alkyl halides is 1. The minimum absolute atomic E-state index is 0.723. The van der Waals surface area contributed by atoms with E-state index in [-0.39, 0.29) is 0 Å². The molecule has 0 heterocycles. The normalized spacial score (nSPS) is 11.4. The molecular formula is C14H17ClS. The SMILES string of the molecule is C=CC/C=C(/CCCCl)Sc1ccccc1. The molecule has 2 heteroatoms. The van der Waals surface area contributed by atoms with E-state index in [1.54, 1.807) is 0 Å². The summed E-state index contributed by atoms with van der Waals surface area (Å²) in [4.78, 5) is 2.67. The zero-order chi connectivity index (χ0) is 11.6. The summed E-state index contributed by atoms with van der Waals surface area (Å²) in [5, 5.41) is 0. The molecule has 0 spiro atoms. The number of hydrogen-bond donors (Lipinski definition) is 0. The monoisotopic (exact) mass is 252 g/mol. The van der Waals surface area contributed by atoms with Gasteiger partial charge in [-0.1, -0.05) is 42.1 Å². The number of hydrogen-bond acceptors (Lipinski definition) is 1. The van der Waals surface area contributed by atoms with Crippen LogP contribution in [-0.4, -0.2) is 5.88 Å². The van der Waals surface area contributed by atoms with Crippen LogP contribution in [0.25, 0.3) is 0 Å². The van der Waals surface area contributed by atoms with E-state index in [0.717, 1.165) is 25.1 Å². The Labute approximate surface area is 107 Å². The lowest BCUT2D eigenvalue weighted by molar-refractivity contribution is 0.950. The Hall–Kier alpha value is -0.660. The number of benzene rings is 1. The molecule has 1 aromatic rings. The van der Waals surface area contributed by atoms with Gasteiger partial charge in [-0.25, -0.2) is 0 Å². The number of thioether (sulfide) groups is 1. The lowest BCUT2D eigenvalue weighted by Gasteiger charge is -2.06. The summed E-state index contributed by atoms with van der Waals surface area (Å²) in [5.41, 5.74) is 0. The van der Waals surface area contributed by atoms with Crippen molar-refractivity contribution in [2.45, 2.75) is 24.2 Å². The standard InChI is InChI=1S/C14H17ClS/c1-2-3-8-13(11-7-12-15)16-14-9-5-4-6-10-14/h2,4-6,8-10H,1,3,7,11-12H2/b13-8-. The fourth-order valence-corrected chi connectivity index (χ4v) is 2.45. The highest BCUT2D eigenvalue weighted by molar-refractivity contribution is 8.03. The van der Waals surface area contributed by atoms with Crippen molar-refractivity contribution >= 4 is 23.4 Å². The molecule has 16 heavy (non-hydrogen) atoms. The second kappa shape index (κ2) is 8.49. The topological polar surface area (TPSA) is 0 Å². The van der Waals surface area contributed by atoms with Crippen molar-refractivity contribution in [2.24, 2.45) is 0 Å². The lowest BCUT2D eigenvalue weighted by Crippen LogP contribution is -1.82. The molecule has 1 aromatic carbocycles. The summed E-state index contributed by atoms with van der Waals surface area (Å²) in [7, 11) is 0. The quantitative estimate of drug-likeness (QED) is 0.362. The molecule has 0 aliphatic heterocycles. The second-order valence-corrected chi connectivity index (χ2v) is 4.98. The van der Waals surface area contributed by atoms with Crippen LogP contribution in [0.1, 0.15) is 19.3 Å². The van der Waals surface area contributed by atoms with Crippen LogP contribution in [0.15, 0.2) is 58.9 Å². The van der Waals surface area contributed by atoms with Crippen LogP contribution >= 0.6 is 23.4 Å². The predicted octanol–water partition coefficient (Wildman–Crippen LogP) is 5.26. The van der Waals surface area contributed by atoms with Gasteiger partial charge in [-0.15, -0.1) is 18.2 Å². The van der Waals surface area contributed by atoms with E-state index >= 15 is 0 Å². The summed E-state index contributed by atoms with van der Waals surface area (Å²) in [6.45, 7) is 3.74. The molecule has 0 aliphatic carbocycles. The molecule has 0 amide bonds. The van der Waals surface area contributed by atoms with E-state index in [9.17, 15) is 0 Å². The van der Waals surface area contributed by atoms with Crippen LogP contribution in [0, 0.1) is 0 Å². The average molecular weight is 253 g/mol. The molecule has 0 unspecified atom stereocenters. The average Bonchev–Trinajstić information content (AvgIpc) is 2.34. The largest absolute Gasteiger partial charge is 0.127 e. The highest BCUT2D eigenvalue weighted by atomic mass is 35.5. The first-order valence-corrected chi connectivity index (χ1v) is 6.80. The Morgan fingerprint density at radius 3 is 2.69 bits per heavy atom. The van der Waals surface area contributed by atoms with Crippen LogP contribution in [0.4, 0.5) is 0 Å². The molecule has 0 fully saturated rings. The first kappa shape index (κ1) is 13.4. The first-order chi connectivity index (χ1) is 7.86. The van der Waals surface area contributed by atoms with Gasteiger partial charge in [-0.05, 0) is 36.3 Å². The Morgan fingerprint density at radius 2 is 2.06 bits per heavy atom. The third-order valence-corrected chi connectivity index (χ3v) is 3.47. The Morgan fingerprint density at radius 1 is 1.31 bits per heavy atom. The van der Waals surface area contributed by atoms with Crippen LogP contribution in [0.2, 0.25) is 0 Å². The van der Waals surface area contributed by atoms with E-state index in [2.05, 4.69) is 36.9 Å². The van der Waals surface area contributed by atoms with Crippen molar-refractivity contribution in [3.05, 3.63) is 54.0 Å². The molecular weight excluding hydrogens is 236 g/mol. The Bertz CT molecular complexity index is 330. The third-order valence-electron chi connectivity index (χ3n) is 2.06. The summed E-state index contributed by atoms with van der Waals surface area (Å²) in [5.74, 6) is 0.723. The summed E-state index contributed by atoms with van der Waals surface area (Å²) < 4.78 is 0. The van der Waals surface area contributed by atoms with Gasteiger partial charge < -0.3 is 0 Å². The molecule has 0 radical (unpaired) electrons. The van der Waals surface area contributed by atoms with Gasteiger partial charge in [0.05, 0.1) is 0 Å². The smallest absolute Gasteiger partial charge is 0.0226 e. The van der Waals surface area contributed by atoms with Crippen LogP contribution in [0.5, 0.6) is 0 Å². The van der Waals surface area contributed by atoms with E-state index in [1.165, 1.54) is 9.80 Å². The number of rotatable bonds is 7. The maximum absolute atomic E-state index is 5.73. The predicted molar refractivity (Wildman–Crippen MR) is 75.2 cm³/mol. The maximum Gasteiger partial charge on any atom is 0.0226 e. The fourth-order valence-electron chi connectivity index (χ4n) is 1.29. The van der Waals surface area contributed by atoms with Crippen LogP contribution < -0.4 is 0 Å². The molecule has 0 atom stereocenters. The zero-order valence-electron chi connectivity index (χ0n) is 9.36.